The number of pyridine rings is 1. The van der Waals surface area contributed by atoms with E-state index in [0.717, 1.165) is 39.2 Å². The minimum atomic E-state index is -0.977. The predicted molar refractivity (Wildman–Crippen MR) is 152 cm³/mol. The number of carbonyl (C=O) groups is 1. The molecule has 0 spiro atoms. The Hall–Kier alpha value is -4.27. The molecule has 0 bridgehead atoms. The highest BCUT2D eigenvalue weighted by Crippen LogP contribution is 2.26. The number of imidazole rings is 1. The molecule has 40 heavy (non-hydrogen) atoms. The molecule has 0 fully saturated rings. The summed E-state index contributed by atoms with van der Waals surface area (Å²) in [5, 5.41) is 9.78. The number of hydrogen-bond acceptors (Lipinski definition) is 5. The van der Waals surface area contributed by atoms with E-state index in [1.165, 1.54) is 6.07 Å². The number of benzene rings is 3. The number of rotatable bonds is 10. The van der Waals surface area contributed by atoms with E-state index in [4.69, 9.17) is 26.1 Å². The second-order valence-electron chi connectivity index (χ2n) is 9.38. The van der Waals surface area contributed by atoms with E-state index in [1.807, 2.05) is 35.8 Å². The summed E-state index contributed by atoms with van der Waals surface area (Å²) in [5.74, 6) is -0.183. The Morgan fingerprint density at radius 2 is 1.85 bits per heavy atom. The highest BCUT2D eigenvalue weighted by Gasteiger charge is 2.15. The Labute approximate surface area is 235 Å². The molecule has 0 unspecified atom stereocenters. The number of carboxylic acid groups (broad SMARTS) is 1. The van der Waals surface area contributed by atoms with Crippen molar-refractivity contribution in [3.8, 4) is 17.1 Å². The summed E-state index contributed by atoms with van der Waals surface area (Å²) in [6, 6.07) is 21.0. The van der Waals surface area contributed by atoms with E-state index in [0.29, 0.717) is 36.0 Å². The number of aryl methyl sites for hydroxylation is 1. The minimum absolute atomic E-state index is 0.0372. The molecule has 5 rings (SSSR count). The lowest BCUT2D eigenvalue weighted by Gasteiger charge is -2.12. The summed E-state index contributed by atoms with van der Waals surface area (Å²) in [6.07, 6.45) is 0.566. The van der Waals surface area contributed by atoms with Gasteiger partial charge in [-0.25, -0.2) is 19.2 Å². The number of methoxy groups -OCH3 is 1. The molecule has 0 atom stereocenters. The molecular formula is C31H27ClFN3O4. The maximum absolute atomic E-state index is 14.1. The molecule has 0 aliphatic heterocycles. The van der Waals surface area contributed by atoms with Crippen LogP contribution in [0.15, 0.2) is 72.8 Å². The van der Waals surface area contributed by atoms with Gasteiger partial charge < -0.3 is 19.1 Å². The van der Waals surface area contributed by atoms with Crippen LogP contribution >= 0.6 is 11.6 Å². The van der Waals surface area contributed by atoms with Crippen molar-refractivity contribution in [2.45, 2.75) is 26.5 Å². The summed E-state index contributed by atoms with van der Waals surface area (Å²) >= 11 is 5.83. The van der Waals surface area contributed by atoms with Crippen LogP contribution in [-0.2, 0) is 24.3 Å². The molecule has 3 aromatic carbocycles. The fraction of sp³-hybridized carbons (Fsp3) is 0.194. The second kappa shape index (κ2) is 11.9. The molecule has 2 heterocycles. The molecule has 2 aromatic heterocycles. The van der Waals surface area contributed by atoms with E-state index in [9.17, 15) is 14.3 Å². The van der Waals surface area contributed by atoms with Crippen LogP contribution in [0.1, 0.15) is 32.9 Å². The van der Waals surface area contributed by atoms with E-state index < -0.39 is 11.8 Å². The molecule has 0 amide bonds. The standard InChI is InChI=1S/C31H27ClFN3O4/c1-19-14-21(26-4-3-5-30(35-26)40-18-23-8-10-24(32)17-25(23)33)7-6-20(19)16-29-34-27-11-9-22(31(37)38)15-28(27)36(29)12-13-39-2/h3-11,14-15,17H,12-13,16,18H2,1-2H3,(H,37,38). The molecule has 0 radical (unpaired) electrons. The molecule has 0 aliphatic rings. The quantitative estimate of drug-likeness (QED) is 0.204. The maximum Gasteiger partial charge on any atom is 0.335 e. The number of halogens is 2. The van der Waals surface area contributed by atoms with Crippen LogP contribution in [0.4, 0.5) is 4.39 Å². The van der Waals surface area contributed by atoms with Gasteiger partial charge in [-0.3, -0.25) is 0 Å². The van der Waals surface area contributed by atoms with Crippen LogP contribution in [0.3, 0.4) is 0 Å². The Bertz CT molecular complexity index is 1700. The first-order valence-electron chi connectivity index (χ1n) is 12.7. The van der Waals surface area contributed by atoms with Gasteiger partial charge >= 0.3 is 5.97 Å². The number of aromatic carboxylic acids is 1. The third-order valence-electron chi connectivity index (χ3n) is 6.69. The molecule has 9 heteroatoms. The average Bonchev–Trinajstić information content (AvgIpc) is 3.28. The lowest BCUT2D eigenvalue weighted by Crippen LogP contribution is -2.09. The Balaban J connectivity index is 1.37. The normalized spacial score (nSPS) is 11.2. The van der Waals surface area contributed by atoms with E-state index >= 15 is 0 Å². The van der Waals surface area contributed by atoms with Crippen molar-refractivity contribution in [2.75, 3.05) is 13.7 Å². The minimum Gasteiger partial charge on any atom is -0.478 e. The summed E-state index contributed by atoms with van der Waals surface area (Å²) < 4.78 is 27.2. The SMILES string of the molecule is COCCn1c(Cc2ccc(-c3cccc(OCc4ccc(Cl)cc4F)n3)cc2C)nc2ccc(C(=O)O)cc21. The zero-order valence-corrected chi connectivity index (χ0v) is 22.8. The Morgan fingerprint density at radius 3 is 2.60 bits per heavy atom. The van der Waals surface area contributed by atoms with Crippen molar-refractivity contribution in [3.63, 3.8) is 0 Å². The lowest BCUT2D eigenvalue weighted by atomic mass is 10.0. The largest absolute Gasteiger partial charge is 0.478 e. The summed E-state index contributed by atoms with van der Waals surface area (Å²) in [4.78, 5) is 20.9. The molecule has 0 aliphatic carbocycles. The van der Waals surface area contributed by atoms with Crippen molar-refractivity contribution in [3.05, 3.63) is 112 Å². The average molecular weight is 560 g/mol. The molecule has 0 saturated carbocycles. The van der Waals surface area contributed by atoms with Crippen molar-refractivity contribution in [1.29, 1.82) is 0 Å². The fourth-order valence-corrected chi connectivity index (χ4v) is 4.70. The number of carboxylic acids is 1. The number of hydrogen-bond donors (Lipinski definition) is 1. The van der Waals surface area contributed by atoms with Crippen LogP contribution in [-0.4, -0.2) is 39.3 Å². The van der Waals surface area contributed by atoms with Crippen LogP contribution in [0.2, 0.25) is 5.02 Å². The summed E-state index contributed by atoms with van der Waals surface area (Å²) in [5.41, 5.74) is 5.92. The molecule has 7 nitrogen and oxygen atoms in total. The topological polar surface area (TPSA) is 86.5 Å². The van der Waals surface area contributed by atoms with Gasteiger partial charge in [-0.2, -0.15) is 0 Å². The number of ether oxygens (including phenoxy) is 2. The van der Waals surface area contributed by atoms with Gasteiger partial charge in [0.25, 0.3) is 0 Å². The smallest absolute Gasteiger partial charge is 0.335 e. The third kappa shape index (κ3) is 5.98. The first-order chi connectivity index (χ1) is 19.3. The first kappa shape index (κ1) is 27.3. The van der Waals surface area contributed by atoms with Gasteiger partial charge in [0.1, 0.15) is 18.2 Å². The van der Waals surface area contributed by atoms with Crippen molar-refractivity contribution in [2.24, 2.45) is 0 Å². The van der Waals surface area contributed by atoms with Crippen molar-refractivity contribution in [1.82, 2.24) is 14.5 Å². The molecular weight excluding hydrogens is 533 g/mol. The van der Waals surface area contributed by atoms with Gasteiger partial charge in [0, 0.05) is 42.3 Å². The first-order valence-corrected chi connectivity index (χ1v) is 13.1. The second-order valence-corrected chi connectivity index (χ2v) is 9.82. The van der Waals surface area contributed by atoms with Crippen LogP contribution in [0.5, 0.6) is 5.88 Å². The molecule has 5 aromatic rings. The highest BCUT2D eigenvalue weighted by molar-refractivity contribution is 6.30. The van der Waals surface area contributed by atoms with E-state index in [1.54, 1.807) is 43.5 Å². The van der Waals surface area contributed by atoms with Gasteiger partial charge in [0.05, 0.1) is 28.9 Å². The van der Waals surface area contributed by atoms with Gasteiger partial charge in [0.2, 0.25) is 5.88 Å². The van der Waals surface area contributed by atoms with Crippen LogP contribution < -0.4 is 4.74 Å². The fourth-order valence-electron chi connectivity index (χ4n) is 4.54. The molecule has 1 N–H and O–H groups in total. The van der Waals surface area contributed by atoms with Gasteiger partial charge in [-0.1, -0.05) is 35.9 Å². The van der Waals surface area contributed by atoms with Crippen LogP contribution in [0, 0.1) is 12.7 Å². The Morgan fingerprint density at radius 1 is 1.02 bits per heavy atom. The third-order valence-corrected chi connectivity index (χ3v) is 6.93. The van der Waals surface area contributed by atoms with Gasteiger partial charge in [-0.15, -0.1) is 0 Å². The van der Waals surface area contributed by atoms with Crippen molar-refractivity contribution >= 4 is 28.6 Å². The zero-order valence-electron chi connectivity index (χ0n) is 22.0. The van der Waals surface area contributed by atoms with Gasteiger partial charge in [0.15, 0.2) is 0 Å². The maximum atomic E-state index is 14.1. The summed E-state index contributed by atoms with van der Waals surface area (Å²) in [7, 11) is 1.63. The van der Waals surface area contributed by atoms with Crippen molar-refractivity contribution < 1.29 is 23.8 Å². The predicted octanol–water partition coefficient (Wildman–Crippen LogP) is 6.71. The lowest BCUT2D eigenvalue weighted by molar-refractivity contribution is 0.0697. The van der Waals surface area contributed by atoms with Crippen LogP contribution in [0.25, 0.3) is 22.3 Å². The molecule has 204 valence electrons. The number of fused-ring (bicyclic) bond motifs is 1. The highest BCUT2D eigenvalue weighted by atomic mass is 35.5. The monoisotopic (exact) mass is 559 g/mol. The van der Waals surface area contributed by atoms with E-state index in [-0.39, 0.29) is 12.2 Å². The van der Waals surface area contributed by atoms with Gasteiger partial charge in [-0.05, 0) is 60.5 Å². The van der Waals surface area contributed by atoms with E-state index in [2.05, 4.69) is 11.1 Å². The Kier molecular flexibility index (Phi) is 8.09. The zero-order chi connectivity index (χ0) is 28.2. The molecule has 0 saturated heterocycles. The number of nitrogens with zero attached hydrogens (tertiary/aromatic N) is 3. The summed E-state index contributed by atoms with van der Waals surface area (Å²) in [6.45, 7) is 3.10. The number of aromatic nitrogens is 3.